The Kier molecular flexibility index (Phi) is 9.84. The molecule has 0 aliphatic rings. The summed E-state index contributed by atoms with van der Waals surface area (Å²) in [4.78, 5) is 25.4. The van der Waals surface area contributed by atoms with E-state index in [2.05, 4.69) is 21.9 Å². The van der Waals surface area contributed by atoms with Gasteiger partial charge in [-0.3, -0.25) is 9.59 Å². The summed E-state index contributed by atoms with van der Waals surface area (Å²) in [6, 6.07) is 20.1. The summed E-state index contributed by atoms with van der Waals surface area (Å²) in [6.45, 7) is 10.5. The third-order valence-corrected chi connectivity index (χ3v) is 5.68. The first-order valence-corrected chi connectivity index (χ1v) is 12.4. The first-order valence-electron chi connectivity index (χ1n) is 12.4. The second kappa shape index (κ2) is 13.3. The van der Waals surface area contributed by atoms with Crippen LogP contribution in [-0.4, -0.2) is 30.7 Å². The summed E-state index contributed by atoms with van der Waals surface area (Å²) in [5.74, 6) is 0.397. The number of nitrogens with zero attached hydrogens (tertiary/aromatic N) is 1. The van der Waals surface area contributed by atoms with Crippen molar-refractivity contribution < 1.29 is 19.1 Å². The lowest BCUT2D eigenvalue weighted by atomic mass is 10.0. The Balaban J connectivity index is 1.63. The average molecular weight is 502 g/mol. The standard InChI is InChI=1S/C30H35N3O4/c1-6-36-27-17-23(12-15-26(27)37-19-24-9-7-8-22(5)16-24)18-31-33-30(35)28(20(2)3)32-29(34)25-13-10-21(4)11-14-25/h7-18,20,28H,6,19H2,1-5H3,(H,32,34)(H,33,35)/b31-18-. The average Bonchev–Trinajstić information content (AvgIpc) is 2.87. The van der Waals surface area contributed by atoms with Gasteiger partial charge in [0.1, 0.15) is 12.6 Å². The first kappa shape index (κ1) is 27.5. The predicted molar refractivity (Wildman–Crippen MR) is 146 cm³/mol. The maximum Gasteiger partial charge on any atom is 0.262 e. The molecule has 7 nitrogen and oxygen atoms in total. The molecular formula is C30H35N3O4. The molecular weight excluding hydrogens is 466 g/mol. The zero-order valence-corrected chi connectivity index (χ0v) is 22.1. The van der Waals surface area contributed by atoms with Gasteiger partial charge in [-0.05, 0) is 68.1 Å². The van der Waals surface area contributed by atoms with Crippen molar-refractivity contribution in [3.63, 3.8) is 0 Å². The molecule has 37 heavy (non-hydrogen) atoms. The molecule has 3 rings (SSSR count). The van der Waals surface area contributed by atoms with Gasteiger partial charge in [-0.2, -0.15) is 5.10 Å². The lowest BCUT2D eigenvalue weighted by Crippen LogP contribution is -2.48. The van der Waals surface area contributed by atoms with E-state index in [-0.39, 0.29) is 11.8 Å². The molecule has 7 heteroatoms. The van der Waals surface area contributed by atoms with Crippen molar-refractivity contribution in [1.29, 1.82) is 0 Å². The highest BCUT2D eigenvalue weighted by atomic mass is 16.5. The highest BCUT2D eigenvalue weighted by molar-refractivity contribution is 5.97. The molecule has 1 atom stereocenters. The highest BCUT2D eigenvalue weighted by Crippen LogP contribution is 2.29. The van der Waals surface area contributed by atoms with E-state index in [1.807, 2.05) is 83.1 Å². The number of benzene rings is 3. The molecule has 0 bridgehead atoms. The van der Waals surface area contributed by atoms with Gasteiger partial charge >= 0.3 is 0 Å². The van der Waals surface area contributed by atoms with Crippen molar-refractivity contribution in [2.45, 2.75) is 47.3 Å². The van der Waals surface area contributed by atoms with E-state index in [1.54, 1.807) is 12.1 Å². The van der Waals surface area contributed by atoms with Crippen molar-refractivity contribution in [2.24, 2.45) is 11.0 Å². The second-order valence-corrected chi connectivity index (χ2v) is 9.21. The van der Waals surface area contributed by atoms with Gasteiger partial charge in [0, 0.05) is 5.56 Å². The zero-order chi connectivity index (χ0) is 26.8. The van der Waals surface area contributed by atoms with Crippen molar-refractivity contribution in [3.8, 4) is 11.5 Å². The van der Waals surface area contributed by atoms with Gasteiger partial charge in [-0.15, -0.1) is 0 Å². The van der Waals surface area contributed by atoms with E-state index in [1.165, 1.54) is 11.8 Å². The van der Waals surface area contributed by atoms with Crippen LogP contribution in [0.4, 0.5) is 0 Å². The smallest absolute Gasteiger partial charge is 0.262 e. The van der Waals surface area contributed by atoms with E-state index < -0.39 is 11.9 Å². The van der Waals surface area contributed by atoms with Gasteiger partial charge in [0.15, 0.2) is 11.5 Å². The number of ether oxygens (including phenoxy) is 2. The first-order chi connectivity index (χ1) is 17.8. The fourth-order valence-electron chi connectivity index (χ4n) is 3.66. The number of carbonyl (C=O) groups is 2. The van der Waals surface area contributed by atoms with Gasteiger partial charge in [0.2, 0.25) is 0 Å². The largest absolute Gasteiger partial charge is 0.490 e. The number of hydrogen-bond acceptors (Lipinski definition) is 5. The van der Waals surface area contributed by atoms with Crippen LogP contribution in [0.15, 0.2) is 71.8 Å². The topological polar surface area (TPSA) is 89.0 Å². The summed E-state index contributed by atoms with van der Waals surface area (Å²) in [7, 11) is 0. The molecule has 194 valence electrons. The minimum absolute atomic E-state index is 0.126. The summed E-state index contributed by atoms with van der Waals surface area (Å²) in [5, 5.41) is 6.90. The summed E-state index contributed by atoms with van der Waals surface area (Å²) in [6.07, 6.45) is 1.53. The van der Waals surface area contributed by atoms with Crippen LogP contribution in [0.3, 0.4) is 0 Å². The molecule has 3 aromatic rings. The predicted octanol–water partition coefficient (Wildman–Crippen LogP) is 5.19. The molecule has 0 aliphatic heterocycles. The molecule has 0 aromatic heterocycles. The third-order valence-electron chi connectivity index (χ3n) is 5.68. The van der Waals surface area contributed by atoms with Gasteiger partial charge in [-0.1, -0.05) is 61.4 Å². The van der Waals surface area contributed by atoms with Crippen molar-refractivity contribution in [1.82, 2.24) is 10.7 Å². The molecule has 0 spiro atoms. The third kappa shape index (κ3) is 8.20. The lowest BCUT2D eigenvalue weighted by molar-refractivity contribution is -0.123. The van der Waals surface area contributed by atoms with Gasteiger partial charge < -0.3 is 14.8 Å². The second-order valence-electron chi connectivity index (χ2n) is 9.21. The number of hydrogen-bond donors (Lipinski definition) is 2. The maximum absolute atomic E-state index is 12.8. The fraction of sp³-hybridized carbons (Fsp3) is 0.300. The Morgan fingerprint density at radius 2 is 1.68 bits per heavy atom. The van der Waals surface area contributed by atoms with Crippen molar-refractivity contribution in [2.75, 3.05) is 6.61 Å². The zero-order valence-electron chi connectivity index (χ0n) is 22.1. The number of rotatable bonds is 11. The molecule has 0 heterocycles. The van der Waals surface area contributed by atoms with E-state index in [9.17, 15) is 9.59 Å². The molecule has 2 amide bonds. The van der Waals surface area contributed by atoms with Gasteiger partial charge in [0.05, 0.1) is 12.8 Å². The molecule has 0 fully saturated rings. The lowest BCUT2D eigenvalue weighted by Gasteiger charge is -2.20. The molecule has 3 aromatic carbocycles. The number of amides is 2. The molecule has 0 saturated carbocycles. The molecule has 0 aliphatic carbocycles. The minimum Gasteiger partial charge on any atom is -0.490 e. The Morgan fingerprint density at radius 3 is 2.35 bits per heavy atom. The van der Waals surface area contributed by atoms with Crippen LogP contribution < -0.4 is 20.2 Å². The van der Waals surface area contributed by atoms with E-state index in [0.717, 1.165) is 16.7 Å². The molecule has 2 N–H and O–H groups in total. The van der Waals surface area contributed by atoms with Crippen LogP contribution in [0.2, 0.25) is 0 Å². The normalized spacial score (nSPS) is 11.8. The number of aryl methyl sites for hydroxylation is 2. The Morgan fingerprint density at radius 1 is 0.919 bits per heavy atom. The van der Waals surface area contributed by atoms with Gasteiger partial charge in [-0.25, -0.2) is 5.43 Å². The molecule has 0 saturated heterocycles. The SMILES string of the molecule is CCOc1cc(/C=N\NC(=O)C(NC(=O)c2ccc(C)cc2)C(C)C)ccc1OCc1cccc(C)c1. The number of carbonyl (C=O) groups excluding carboxylic acids is 2. The van der Waals surface area contributed by atoms with E-state index >= 15 is 0 Å². The molecule has 0 radical (unpaired) electrons. The fourth-order valence-corrected chi connectivity index (χ4v) is 3.66. The Bertz CT molecular complexity index is 1240. The highest BCUT2D eigenvalue weighted by Gasteiger charge is 2.24. The Labute approximate surface area is 218 Å². The van der Waals surface area contributed by atoms with Crippen LogP contribution in [0, 0.1) is 19.8 Å². The van der Waals surface area contributed by atoms with Crippen molar-refractivity contribution in [3.05, 3.63) is 94.5 Å². The number of hydrazone groups is 1. The minimum atomic E-state index is -0.734. The number of nitrogens with one attached hydrogen (secondary N) is 2. The van der Waals surface area contributed by atoms with E-state index in [4.69, 9.17) is 9.47 Å². The summed E-state index contributed by atoms with van der Waals surface area (Å²) >= 11 is 0. The van der Waals surface area contributed by atoms with Crippen LogP contribution in [0.1, 0.15) is 53.4 Å². The Hall–Kier alpha value is -4.13. The van der Waals surface area contributed by atoms with Crippen LogP contribution >= 0.6 is 0 Å². The monoisotopic (exact) mass is 501 g/mol. The van der Waals surface area contributed by atoms with Crippen LogP contribution in [0.25, 0.3) is 0 Å². The van der Waals surface area contributed by atoms with Crippen LogP contribution in [-0.2, 0) is 11.4 Å². The summed E-state index contributed by atoms with van der Waals surface area (Å²) < 4.78 is 11.7. The van der Waals surface area contributed by atoms with Gasteiger partial charge in [0.25, 0.3) is 11.8 Å². The molecule has 1 unspecified atom stereocenters. The summed E-state index contributed by atoms with van der Waals surface area (Å²) in [5.41, 5.74) is 7.08. The van der Waals surface area contributed by atoms with E-state index in [0.29, 0.717) is 30.3 Å². The maximum atomic E-state index is 12.8. The quantitative estimate of drug-likeness (QED) is 0.280. The van der Waals surface area contributed by atoms with Crippen molar-refractivity contribution >= 4 is 18.0 Å². The van der Waals surface area contributed by atoms with Crippen LogP contribution in [0.5, 0.6) is 11.5 Å².